The van der Waals surface area contributed by atoms with Gasteiger partial charge in [-0.2, -0.15) is 0 Å². The summed E-state index contributed by atoms with van der Waals surface area (Å²) in [6, 6.07) is 33.1. The lowest BCUT2D eigenvalue weighted by atomic mass is 9.78. The summed E-state index contributed by atoms with van der Waals surface area (Å²) in [4.78, 5) is 0. The molecule has 1 aliphatic heterocycles. The van der Waals surface area contributed by atoms with E-state index in [1.165, 1.54) is 54.5 Å². The van der Waals surface area contributed by atoms with Gasteiger partial charge in [0.2, 0.25) is 0 Å². The predicted molar refractivity (Wildman–Crippen MR) is 182 cm³/mol. The van der Waals surface area contributed by atoms with Crippen LogP contribution in [0.15, 0.2) is 96.5 Å². The number of fused-ring (bicyclic) bond motifs is 7. The van der Waals surface area contributed by atoms with Crippen LogP contribution >= 0.6 is 0 Å². The van der Waals surface area contributed by atoms with Gasteiger partial charge in [-0.25, -0.2) is 0 Å². The number of rotatable bonds is 3. The standard InChI is InChI=1S/C36H34BNO2.C2H6/c1-23(37-39-35(3,4)36(5,6)40-37)21-32-24(2)38(34-18-12-11-17-31(32)34)25-19-20-30-28-15-8-7-13-26(28)27-14-9-10-16-29(27)33(30)22-25;1-2/h7-22H,1-6H3;1-2H3/b23-21+;. The molecule has 7 rings (SSSR count). The molecule has 0 amide bonds. The Kier molecular flexibility index (Phi) is 7.03. The molecule has 3 nitrogen and oxygen atoms in total. The summed E-state index contributed by atoms with van der Waals surface area (Å²) < 4.78 is 15.1. The monoisotopic (exact) mass is 553 g/mol. The van der Waals surface area contributed by atoms with Crippen LogP contribution in [0.3, 0.4) is 0 Å². The van der Waals surface area contributed by atoms with Gasteiger partial charge in [0.05, 0.1) is 16.7 Å². The van der Waals surface area contributed by atoms with Gasteiger partial charge in [-0.05, 0) is 97.5 Å². The highest BCUT2D eigenvalue weighted by Crippen LogP contribution is 2.40. The molecule has 4 heteroatoms. The molecular weight excluding hydrogens is 513 g/mol. The SMILES string of the molecule is C/C(=C\c1c(C)n(-c2ccc3c4ccccc4c4ccccc4c3c2)c2ccccc12)B1OC(C)(C)C(C)(C)O1.CC. The van der Waals surface area contributed by atoms with Crippen LogP contribution in [0, 0.1) is 6.92 Å². The van der Waals surface area contributed by atoms with E-state index in [-0.39, 0.29) is 18.3 Å². The highest BCUT2D eigenvalue weighted by molar-refractivity contribution is 6.55. The first-order chi connectivity index (χ1) is 20.2. The molecule has 212 valence electrons. The molecular formula is C38H40BNO2. The van der Waals surface area contributed by atoms with E-state index in [0.29, 0.717) is 0 Å². The number of aromatic nitrogens is 1. The number of hydrogen-bond acceptors (Lipinski definition) is 2. The Morgan fingerprint density at radius 1 is 0.643 bits per heavy atom. The minimum atomic E-state index is -0.369. The van der Waals surface area contributed by atoms with Gasteiger partial charge in [-0.1, -0.05) is 92.7 Å². The number of hydrogen-bond donors (Lipinski definition) is 0. The molecule has 2 heterocycles. The quantitative estimate of drug-likeness (QED) is 0.161. The lowest BCUT2D eigenvalue weighted by Gasteiger charge is -2.32. The number of allylic oxidation sites excluding steroid dienone is 1. The van der Waals surface area contributed by atoms with Crippen molar-refractivity contribution < 1.29 is 9.31 Å². The second kappa shape index (κ2) is 10.5. The van der Waals surface area contributed by atoms with Crippen LogP contribution in [0.4, 0.5) is 0 Å². The van der Waals surface area contributed by atoms with Crippen molar-refractivity contribution in [2.45, 2.75) is 66.6 Å². The van der Waals surface area contributed by atoms with Gasteiger partial charge in [0.1, 0.15) is 0 Å². The van der Waals surface area contributed by atoms with E-state index in [1.807, 2.05) is 13.8 Å². The molecule has 0 spiro atoms. The molecule has 0 unspecified atom stereocenters. The summed E-state index contributed by atoms with van der Waals surface area (Å²) in [5.41, 5.74) is 5.09. The van der Waals surface area contributed by atoms with Crippen molar-refractivity contribution in [2.24, 2.45) is 0 Å². The second-order valence-electron chi connectivity index (χ2n) is 12.1. The van der Waals surface area contributed by atoms with Crippen LogP contribution < -0.4 is 0 Å². The zero-order valence-electron chi connectivity index (χ0n) is 26.1. The average molecular weight is 554 g/mol. The molecule has 0 bridgehead atoms. The Balaban J connectivity index is 0.00000155. The Morgan fingerprint density at radius 2 is 1.10 bits per heavy atom. The second-order valence-corrected chi connectivity index (χ2v) is 12.1. The van der Waals surface area contributed by atoms with Gasteiger partial charge in [-0.3, -0.25) is 0 Å². The van der Waals surface area contributed by atoms with E-state index in [4.69, 9.17) is 9.31 Å². The largest absolute Gasteiger partial charge is 0.490 e. The number of nitrogens with zero attached hydrogens (tertiary/aromatic N) is 1. The molecule has 0 radical (unpaired) electrons. The van der Waals surface area contributed by atoms with Gasteiger partial charge in [-0.15, -0.1) is 0 Å². The molecule has 1 aromatic heterocycles. The van der Waals surface area contributed by atoms with Gasteiger partial charge in [0.15, 0.2) is 0 Å². The highest BCUT2D eigenvalue weighted by atomic mass is 16.7. The van der Waals surface area contributed by atoms with Crippen LogP contribution in [0.2, 0.25) is 0 Å². The summed E-state index contributed by atoms with van der Waals surface area (Å²) in [5, 5.41) is 8.94. The molecule has 0 saturated carbocycles. The van der Waals surface area contributed by atoms with E-state index in [0.717, 1.165) is 11.2 Å². The zero-order valence-corrected chi connectivity index (χ0v) is 26.1. The van der Waals surface area contributed by atoms with Gasteiger partial charge < -0.3 is 13.9 Å². The van der Waals surface area contributed by atoms with E-state index < -0.39 is 0 Å². The van der Waals surface area contributed by atoms with Crippen LogP contribution in [0.25, 0.3) is 55.0 Å². The summed E-state index contributed by atoms with van der Waals surface area (Å²) in [6.07, 6.45) is 2.25. The third-order valence-electron chi connectivity index (χ3n) is 9.14. The minimum Gasteiger partial charge on any atom is -0.400 e. The molecule has 5 aromatic carbocycles. The third-order valence-corrected chi connectivity index (χ3v) is 9.14. The maximum atomic E-state index is 6.37. The van der Waals surface area contributed by atoms with E-state index in [9.17, 15) is 0 Å². The summed E-state index contributed by atoms with van der Waals surface area (Å²) >= 11 is 0. The smallest absolute Gasteiger partial charge is 0.400 e. The molecule has 0 aliphatic carbocycles. The van der Waals surface area contributed by atoms with Crippen molar-refractivity contribution in [3.63, 3.8) is 0 Å². The summed E-state index contributed by atoms with van der Waals surface area (Å²) in [7, 11) is -0.369. The van der Waals surface area contributed by atoms with Crippen molar-refractivity contribution in [3.05, 3.63) is 108 Å². The maximum absolute atomic E-state index is 6.37. The average Bonchev–Trinajstić information content (AvgIpc) is 3.40. The fourth-order valence-corrected chi connectivity index (χ4v) is 6.27. The molecule has 42 heavy (non-hydrogen) atoms. The normalized spacial score (nSPS) is 16.4. The molecule has 1 aliphatic rings. The minimum absolute atomic E-state index is 0.367. The molecule has 1 fully saturated rings. The molecule has 6 aromatic rings. The van der Waals surface area contributed by atoms with Crippen molar-refractivity contribution in [1.82, 2.24) is 4.57 Å². The first-order valence-corrected chi connectivity index (χ1v) is 15.1. The topological polar surface area (TPSA) is 23.4 Å². The summed E-state index contributed by atoms with van der Waals surface area (Å²) in [5.74, 6) is 0. The summed E-state index contributed by atoms with van der Waals surface area (Å²) in [6.45, 7) is 16.7. The Hall–Kier alpha value is -3.86. The fourth-order valence-electron chi connectivity index (χ4n) is 6.27. The van der Waals surface area contributed by atoms with E-state index in [2.05, 4.69) is 143 Å². The van der Waals surface area contributed by atoms with Crippen LogP contribution in [-0.2, 0) is 9.31 Å². The Bertz CT molecular complexity index is 1940. The van der Waals surface area contributed by atoms with Crippen molar-refractivity contribution >= 4 is 56.4 Å². The van der Waals surface area contributed by atoms with Gasteiger partial charge in [0, 0.05) is 22.3 Å². The number of para-hydroxylation sites is 1. The van der Waals surface area contributed by atoms with Gasteiger partial charge in [0.25, 0.3) is 0 Å². The zero-order chi connectivity index (χ0) is 29.8. The Morgan fingerprint density at radius 3 is 1.64 bits per heavy atom. The molecule has 0 atom stereocenters. The fraction of sp³-hybridized carbons (Fsp3) is 0.263. The van der Waals surface area contributed by atoms with Crippen LogP contribution in [0.1, 0.15) is 59.7 Å². The number of benzene rings is 5. The molecule has 0 N–H and O–H groups in total. The maximum Gasteiger partial charge on any atom is 0.490 e. The van der Waals surface area contributed by atoms with Crippen molar-refractivity contribution in [2.75, 3.05) is 0 Å². The van der Waals surface area contributed by atoms with Crippen LogP contribution in [-0.4, -0.2) is 22.9 Å². The molecule has 1 saturated heterocycles. The highest BCUT2D eigenvalue weighted by Gasteiger charge is 2.51. The predicted octanol–water partition coefficient (Wildman–Crippen LogP) is 10.5. The third kappa shape index (κ3) is 4.36. The van der Waals surface area contributed by atoms with Gasteiger partial charge >= 0.3 is 7.12 Å². The first-order valence-electron chi connectivity index (χ1n) is 15.1. The van der Waals surface area contributed by atoms with Crippen molar-refractivity contribution in [1.29, 1.82) is 0 Å². The lowest BCUT2D eigenvalue weighted by molar-refractivity contribution is 0.00578. The van der Waals surface area contributed by atoms with Crippen LogP contribution in [0.5, 0.6) is 0 Å². The lowest BCUT2D eigenvalue weighted by Crippen LogP contribution is -2.41. The van der Waals surface area contributed by atoms with Crippen molar-refractivity contribution in [3.8, 4) is 5.69 Å². The van der Waals surface area contributed by atoms with E-state index in [1.54, 1.807) is 0 Å². The Labute approximate surface area is 249 Å². The first kappa shape index (κ1) is 28.3. The van der Waals surface area contributed by atoms with E-state index >= 15 is 0 Å².